The largest absolute Gasteiger partial charge is 0.351 e. The molecule has 1 aliphatic rings. The standard InChI is InChI=1S/C13H19N3O/c1-9-5-13(3,6-9)12(17)14-7-11-8-15-16(4)10(11)2/h8H,1,5-7H2,2-4H3,(H,14,17). The topological polar surface area (TPSA) is 46.9 Å². The molecule has 1 heterocycles. The van der Waals surface area contributed by atoms with Crippen LogP contribution in [0.25, 0.3) is 0 Å². The van der Waals surface area contributed by atoms with Crippen LogP contribution in [0, 0.1) is 12.3 Å². The first-order valence-corrected chi connectivity index (χ1v) is 5.85. The molecule has 1 aromatic rings. The van der Waals surface area contributed by atoms with Gasteiger partial charge in [-0.25, -0.2) is 0 Å². The highest BCUT2D eigenvalue weighted by atomic mass is 16.2. The summed E-state index contributed by atoms with van der Waals surface area (Å²) < 4.78 is 1.81. The lowest BCUT2D eigenvalue weighted by molar-refractivity contribution is -0.132. The highest BCUT2D eigenvalue weighted by Crippen LogP contribution is 2.43. The molecule has 2 rings (SSSR count). The number of carbonyl (C=O) groups excluding carboxylic acids is 1. The number of amides is 1. The summed E-state index contributed by atoms with van der Waals surface area (Å²) >= 11 is 0. The third kappa shape index (κ3) is 2.12. The van der Waals surface area contributed by atoms with Crippen molar-refractivity contribution in [1.29, 1.82) is 0 Å². The van der Waals surface area contributed by atoms with Crippen molar-refractivity contribution in [2.24, 2.45) is 12.5 Å². The van der Waals surface area contributed by atoms with Crippen LogP contribution in [-0.2, 0) is 18.4 Å². The van der Waals surface area contributed by atoms with Crippen LogP contribution in [-0.4, -0.2) is 15.7 Å². The molecule has 1 aromatic heterocycles. The summed E-state index contributed by atoms with van der Waals surface area (Å²) in [6.45, 7) is 8.43. The zero-order valence-corrected chi connectivity index (χ0v) is 10.7. The van der Waals surface area contributed by atoms with Crippen LogP contribution >= 0.6 is 0 Å². The quantitative estimate of drug-likeness (QED) is 0.808. The van der Waals surface area contributed by atoms with Gasteiger partial charge in [0.05, 0.1) is 11.6 Å². The number of allylic oxidation sites excluding steroid dienone is 1. The Kier molecular flexibility index (Phi) is 2.81. The summed E-state index contributed by atoms with van der Waals surface area (Å²) in [6, 6.07) is 0. The monoisotopic (exact) mass is 233 g/mol. The molecule has 0 aliphatic heterocycles. The van der Waals surface area contributed by atoms with Gasteiger partial charge in [-0.15, -0.1) is 0 Å². The Balaban J connectivity index is 1.93. The van der Waals surface area contributed by atoms with Gasteiger partial charge in [0, 0.05) is 24.8 Å². The Morgan fingerprint density at radius 2 is 2.29 bits per heavy atom. The molecule has 92 valence electrons. The Bertz CT molecular complexity index is 465. The van der Waals surface area contributed by atoms with E-state index >= 15 is 0 Å². The maximum atomic E-state index is 12.0. The van der Waals surface area contributed by atoms with Crippen LogP contribution < -0.4 is 5.32 Å². The molecule has 1 fully saturated rings. The highest BCUT2D eigenvalue weighted by molar-refractivity contribution is 5.84. The maximum absolute atomic E-state index is 12.0. The summed E-state index contributed by atoms with van der Waals surface area (Å²) in [5.41, 5.74) is 3.09. The molecule has 4 heteroatoms. The third-order valence-electron chi connectivity index (χ3n) is 3.60. The Labute approximate surface area is 102 Å². The van der Waals surface area contributed by atoms with E-state index in [9.17, 15) is 4.79 Å². The summed E-state index contributed by atoms with van der Waals surface area (Å²) in [4.78, 5) is 12.0. The van der Waals surface area contributed by atoms with E-state index in [1.165, 1.54) is 5.57 Å². The van der Waals surface area contributed by atoms with Gasteiger partial charge in [-0.3, -0.25) is 9.48 Å². The van der Waals surface area contributed by atoms with E-state index in [-0.39, 0.29) is 11.3 Å². The van der Waals surface area contributed by atoms with Crippen molar-refractivity contribution in [3.05, 3.63) is 29.6 Å². The Morgan fingerprint density at radius 3 is 2.76 bits per heavy atom. The summed E-state index contributed by atoms with van der Waals surface area (Å²) in [5, 5.41) is 7.14. The van der Waals surface area contributed by atoms with Crippen molar-refractivity contribution in [3.8, 4) is 0 Å². The van der Waals surface area contributed by atoms with Crippen LogP contribution in [0.4, 0.5) is 0 Å². The van der Waals surface area contributed by atoms with Gasteiger partial charge in [0.2, 0.25) is 5.91 Å². The van der Waals surface area contributed by atoms with Gasteiger partial charge in [-0.1, -0.05) is 19.1 Å². The third-order valence-corrected chi connectivity index (χ3v) is 3.60. The fourth-order valence-corrected chi connectivity index (χ4v) is 2.32. The first-order valence-electron chi connectivity index (χ1n) is 5.85. The van der Waals surface area contributed by atoms with Crippen LogP contribution in [0.3, 0.4) is 0 Å². The van der Waals surface area contributed by atoms with Crippen molar-refractivity contribution in [2.75, 3.05) is 0 Å². The van der Waals surface area contributed by atoms with E-state index in [4.69, 9.17) is 0 Å². The Morgan fingerprint density at radius 1 is 1.65 bits per heavy atom. The van der Waals surface area contributed by atoms with Crippen LogP contribution in [0.1, 0.15) is 31.0 Å². The molecule has 17 heavy (non-hydrogen) atoms. The summed E-state index contributed by atoms with van der Waals surface area (Å²) in [5.74, 6) is 0.119. The molecule has 0 atom stereocenters. The van der Waals surface area contributed by atoms with Crippen molar-refractivity contribution in [1.82, 2.24) is 15.1 Å². The summed E-state index contributed by atoms with van der Waals surface area (Å²) in [6.07, 6.45) is 3.42. The summed E-state index contributed by atoms with van der Waals surface area (Å²) in [7, 11) is 1.90. The van der Waals surface area contributed by atoms with Gasteiger partial charge in [-0.2, -0.15) is 5.10 Å². The van der Waals surface area contributed by atoms with E-state index < -0.39 is 0 Å². The first kappa shape index (κ1) is 11.9. The highest BCUT2D eigenvalue weighted by Gasteiger charge is 2.41. The molecule has 1 N–H and O–H groups in total. The first-order chi connectivity index (χ1) is 7.92. The molecular formula is C13H19N3O. The molecule has 1 saturated carbocycles. The normalized spacial score (nSPS) is 17.7. The van der Waals surface area contributed by atoms with E-state index in [1.54, 1.807) is 6.20 Å². The number of carbonyl (C=O) groups is 1. The SMILES string of the molecule is C=C1CC(C)(C(=O)NCc2cnn(C)c2C)C1. The molecule has 0 spiro atoms. The second-order valence-electron chi connectivity index (χ2n) is 5.23. The molecule has 0 aromatic carbocycles. The molecule has 0 bridgehead atoms. The van der Waals surface area contributed by atoms with E-state index in [1.807, 2.05) is 25.6 Å². The minimum atomic E-state index is -0.243. The predicted molar refractivity (Wildman–Crippen MR) is 66.3 cm³/mol. The fourth-order valence-electron chi connectivity index (χ4n) is 2.32. The van der Waals surface area contributed by atoms with Crippen LogP contribution in [0.2, 0.25) is 0 Å². The fraction of sp³-hybridized carbons (Fsp3) is 0.538. The molecule has 0 radical (unpaired) electrons. The molecule has 1 amide bonds. The van der Waals surface area contributed by atoms with E-state index in [0.717, 1.165) is 24.1 Å². The number of hydrogen-bond acceptors (Lipinski definition) is 2. The Hall–Kier alpha value is -1.58. The second-order valence-corrected chi connectivity index (χ2v) is 5.23. The lowest BCUT2D eigenvalue weighted by Crippen LogP contribution is -2.44. The van der Waals surface area contributed by atoms with Gasteiger partial charge < -0.3 is 5.32 Å². The van der Waals surface area contributed by atoms with Crippen molar-refractivity contribution in [2.45, 2.75) is 33.2 Å². The number of rotatable bonds is 3. The van der Waals surface area contributed by atoms with Gasteiger partial charge in [0.25, 0.3) is 0 Å². The van der Waals surface area contributed by atoms with Crippen molar-refractivity contribution in [3.63, 3.8) is 0 Å². The van der Waals surface area contributed by atoms with Gasteiger partial charge in [-0.05, 0) is 19.8 Å². The average Bonchev–Trinajstić information content (AvgIpc) is 2.54. The molecule has 0 saturated heterocycles. The number of nitrogens with one attached hydrogen (secondary N) is 1. The lowest BCUT2D eigenvalue weighted by atomic mass is 9.67. The zero-order valence-electron chi connectivity index (χ0n) is 10.7. The van der Waals surface area contributed by atoms with Crippen LogP contribution in [0.15, 0.2) is 18.3 Å². The number of aryl methyl sites for hydroxylation is 1. The lowest BCUT2D eigenvalue weighted by Gasteiger charge is -2.38. The van der Waals surface area contributed by atoms with Crippen LogP contribution in [0.5, 0.6) is 0 Å². The van der Waals surface area contributed by atoms with E-state index in [0.29, 0.717) is 6.54 Å². The maximum Gasteiger partial charge on any atom is 0.226 e. The minimum Gasteiger partial charge on any atom is -0.351 e. The molecule has 0 unspecified atom stereocenters. The number of hydrogen-bond donors (Lipinski definition) is 1. The average molecular weight is 233 g/mol. The number of aromatic nitrogens is 2. The van der Waals surface area contributed by atoms with Crippen molar-refractivity contribution < 1.29 is 4.79 Å². The van der Waals surface area contributed by atoms with E-state index in [2.05, 4.69) is 17.0 Å². The minimum absolute atomic E-state index is 0.119. The molecule has 4 nitrogen and oxygen atoms in total. The zero-order chi connectivity index (χ0) is 12.6. The second kappa shape index (κ2) is 4.02. The molecular weight excluding hydrogens is 214 g/mol. The molecule has 1 aliphatic carbocycles. The number of nitrogens with zero attached hydrogens (tertiary/aromatic N) is 2. The predicted octanol–water partition coefficient (Wildman–Crippen LogP) is 1.70. The van der Waals surface area contributed by atoms with Gasteiger partial charge in [0.15, 0.2) is 0 Å². The van der Waals surface area contributed by atoms with Crippen molar-refractivity contribution >= 4 is 5.91 Å². The smallest absolute Gasteiger partial charge is 0.226 e. The van der Waals surface area contributed by atoms with Gasteiger partial charge in [0.1, 0.15) is 0 Å². The van der Waals surface area contributed by atoms with Gasteiger partial charge >= 0.3 is 0 Å².